The lowest BCUT2D eigenvalue weighted by atomic mass is 9.96. The molecule has 112 valence electrons. The second-order valence-electron chi connectivity index (χ2n) is 5.75. The SMILES string of the molecule is NC(=NCCc1cc2ccccc2o1)NC1CCCCC1. The summed E-state index contributed by atoms with van der Waals surface area (Å²) in [5.74, 6) is 1.53. The number of aliphatic imine (C=N–C) groups is 1. The van der Waals surface area contributed by atoms with Gasteiger partial charge in [-0.3, -0.25) is 4.99 Å². The van der Waals surface area contributed by atoms with E-state index in [1.54, 1.807) is 0 Å². The number of rotatable bonds is 4. The molecular weight excluding hydrogens is 262 g/mol. The van der Waals surface area contributed by atoms with Crippen molar-refractivity contribution >= 4 is 16.9 Å². The zero-order chi connectivity index (χ0) is 14.5. The largest absolute Gasteiger partial charge is 0.461 e. The summed E-state index contributed by atoms with van der Waals surface area (Å²) in [6.45, 7) is 0.658. The lowest BCUT2D eigenvalue weighted by Gasteiger charge is -2.23. The van der Waals surface area contributed by atoms with Crippen molar-refractivity contribution in [3.8, 4) is 0 Å². The monoisotopic (exact) mass is 285 g/mol. The van der Waals surface area contributed by atoms with Gasteiger partial charge in [0.05, 0.1) is 0 Å². The summed E-state index contributed by atoms with van der Waals surface area (Å²) >= 11 is 0. The van der Waals surface area contributed by atoms with Gasteiger partial charge in [0.2, 0.25) is 0 Å². The van der Waals surface area contributed by atoms with Gasteiger partial charge in [-0.15, -0.1) is 0 Å². The minimum atomic E-state index is 0.508. The van der Waals surface area contributed by atoms with E-state index in [-0.39, 0.29) is 0 Å². The van der Waals surface area contributed by atoms with Crippen LogP contribution in [0.15, 0.2) is 39.7 Å². The molecule has 0 saturated heterocycles. The van der Waals surface area contributed by atoms with Crippen LogP contribution in [0.1, 0.15) is 37.9 Å². The molecule has 3 N–H and O–H groups in total. The first-order chi connectivity index (χ1) is 10.3. The molecule has 1 aliphatic rings. The number of fused-ring (bicyclic) bond motifs is 1. The molecule has 1 saturated carbocycles. The Morgan fingerprint density at radius 3 is 2.86 bits per heavy atom. The van der Waals surface area contributed by atoms with E-state index in [4.69, 9.17) is 10.2 Å². The maximum atomic E-state index is 5.95. The minimum absolute atomic E-state index is 0.508. The molecule has 0 radical (unpaired) electrons. The first-order valence-electron chi connectivity index (χ1n) is 7.85. The van der Waals surface area contributed by atoms with Crippen molar-refractivity contribution < 1.29 is 4.42 Å². The summed E-state index contributed by atoms with van der Waals surface area (Å²) in [6.07, 6.45) is 7.14. The van der Waals surface area contributed by atoms with Crippen molar-refractivity contribution in [3.05, 3.63) is 36.1 Å². The number of nitrogens with one attached hydrogen (secondary N) is 1. The van der Waals surface area contributed by atoms with Gasteiger partial charge < -0.3 is 15.5 Å². The Morgan fingerprint density at radius 2 is 2.05 bits per heavy atom. The van der Waals surface area contributed by atoms with Crippen molar-refractivity contribution in [2.45, 2.75) is 44.6 Å². The van der Waals surface area contributed by atoms with Crippen LogP contribution in [0, 0.1) is 0 Å². The van der Waals surface area contributed by atoms with Gasteiger partial charge in [-0.05, 0) is 25.0 Å². The minimum Gasteiger partial charge on any atom is -0.461 e. The third kappa shape index (κ3) is 3.78. The van der Waals surface area contributed by atoms with Crippen molar-refractivity contribution in [3.63, 3.8) is 0 Å². The normalized spacial score (nSPS) is 17.2. The molecule has 0 aliphatic heterocycles. The highest BCUT2D eigenvalue weighted by atomic mass is 16.3. The van der Waals surface area contributed by atoms with Crippen LogP contribution in [0.5, 0.6) is 0 Å². The van der Waals surface area contributed by atoms with Gasteiger partial charge in [0.1, 0.15) is 11.3 Å². The number of nitrogens with zero attached hydrogens (tertiary/aromatic N) is 1. The second kappa shape index (κ2) is 6.66. The summed E-state index contributed by atoms with van der Waals surface area (Å²) in [4.78, 5) is 4.41. The standard InChI is InChI=1S/C17H23N3O/c18-17(20-14-7-2-1-3-8-14)19-11-10-15-12-13-6-4-5-9-16(13)21-15/h4-6,9,12,14H,1-3,7-8,10-11H2,(H3,18,19,20). The highest BCUT2D eigenvalue weighted by Crippen LogP contribution is 2.19. The van der Waals surface area contributed by atoms with Gasteiger partial charge >= 0.3 is 0 Å². The molecular formula is C17H23N3O. The third-order valence-electron chi connectivity index (χ3n) is 4.07. The predicted octanol–water partition coefficient (Wildman–Crippen LogP) is 3.21. The van der Waals surface area contributed by atoms with E-state index in [0.29, 0.717) is 18.5 Å². The van der Waals surface area contributed by atoms with Gasteiger partial charge in [-0.1, -0.05) is 37.5 Å². The summed E-state index contributed by atoms with van der Waals surface area (Å²) in [5.41, 5.74) is 6.89. The lowest BCUT2D eigenvalue weighted by Crippen LogP contribution is -2.41. The van der Waals surface area contributed by atoms with Crippen LogP contribution in [0.4, 0.5) is 0 Å². The zero-order valence-electron chi connectivity index (χ0n) is 12.3. The fraction of sp³-hybridized carbons (Fsp3) is 0.471. The van der Waals surface area contributed by atoms with Gasteiger partial charge in [-0.25, -0.2) is 0 Å². The lowest BCUT2D eigenvalue weighted by molar-refractivity contribution is 0.412. The molecule has 2 aromatic rings. The summed E-state index contributed by atoms with van der Waals surface area (Å²) in [6, 6.07) is 10.6. The Bertz CT molecular complexity index is 578. The molecule has 0 amide bonds. The Kier molecular flexibility index (Phi) is 4.43. The van der Waals surface area contributed by atoms with Crippen molar-refractivity contribution in [2.24, 2.45) is 10.7 Å². The number of hydrogen-bond acceptors (Lipinski definition) is 2. The summed E-state index contributed by atoms with van der Waals surface area (Å²) in [5, 5.41) is 4.47. The molecule has 1 aliphatic carbocycles. The predicted molar refractivity (Wildman–Crippen MR) is 86.4 cm³/mol. The van der Waals surface area contributed by atoms with Crippen molar-refractivity contribution in [2.75, 3.05) is 6.54 Å². The maximum Gasteiger partial charge on any atom is 0.188 e. The molecule has 1 fully saturated rings. The summed E-state index contributed by atoms with van der Waals surface area (Å²) in [7, 11) is 0. The van der Waals surface area contributed by atoms with Crippen LogP contribution >= 0.6 is 0 Å². The summed E-state index contributed by atoms with van der Waals surface area (Å²) < 4.78 is 5.77. The molecule has 4 nitrogen and oxygen atoms in total. The van der Waals surface area contributed by atoms with Crippen LogP contribution in [-0.2, 0) is 6.42 Å². The average molecular weight is 285 g/mol. The quantitative estimate of drug-likeness (QED) is 0.669. The van der Waals surface area contributed by atoms with Crippen LogP contribution in [0.25, 0.3) is 11.0 Å². The molecule has 1 heterocycles. The smallest absolute Gasteiger partial charge is 0.188 e. The maximum absolute atomic E-state index is 5.95. The molecule has 4 heteroatoms. The zero-order valence-corrected chi connectivity index (χ0v) is 12.3. The van der Waals surface area contributed by atoms with E-state index in [1.165, 1.54) is 32.1 Å². The molecule has 0 bridgehead atoms. The fourth-order valence-corrected chi connectivity index (χ4v) is 2.95. The molecule has 0 unspecified atom stereocenters. The van der Waals surface area contributed by atoms with E-state index in [0.717, 1.165) is 23.2 Å². The molecule has 0 atom stereocenters. The first-order valence-corrected chi connectivity index (χ1v) is 7.85. The van der Waals surface area contributed by atoms with E-state index in [2.05, 4.69) is 22.4 Å². The molecule has 3 rings (SSSR count). The Labute approximate surface area is 125 Å². The molecule has 0 spiro atoms. The number of hydrogen-bond donors (Lipinski definition) is 2. The molecule has 21 heavy (non-hydrogen) atoms. The Hall–Kier alpha value is -1.97. The number of furan rings is 1. The van der Waals surface area contributed by atoms with Gasteiger partial charge in [0.25, 0.3) is 0 Å². The van der Waals surface area contributed by atoms with Crippen molar-refractivity contribution in [1.82, 2.24) is 5.32 Å². The average Bonchev–Trinajstić information content (AvgIpc) is 2.91. The number of benzene rings is 1. The highest BCUT2D eigenvalue weighted by Gasteiger charge is 2.13. The van der Waals surface area contributed by atoms with Crippen LogP contribution in [-0.4, -0.2) is 18.5 Å². The topological polar surface area (TPSA) is 63.5 Å². The van der Waals surface area contributed by atoms with Gasteiger partial charge in [0, 0.05) is 24.4 Å². The third-order valence-corrected chi connectivity index (χ3v) is 4.07. The molecule has 1 aromatic carbocycles. The Morgan fingerprint density at radius 1 is 1.24 bits per heavy atom. The van der Waals surface area contributed by atoms with Gasteiger partial charge in [0.15, 0.2) is 5.96 Å². The fourth-order valence-electron chi connectivity index (χ4n) is 2.95. The van der Waals surface area contributed by atoms with E-state index in [1.807, 2.05) is 18.2 Å². The number of guanidine groups is 1. The second-order valence-corrected chi connectivity index (χ2v) is 5.75. The van der Waals surface area contributed by atoms with Crippen LogP contribution in [0.2, 0.25) is 0 Å². The van der Waals surface area contributed by atoms with Crippen molar-refractivity contribution in [1.29, 1.82) is 0 Å². The number of nitrogens with two attached hydrogens (primary N) is 1. The van der Waals surface area contributed by atoms with E-state index >= 15 is 0 Å². The Balaban J connectivity index is 1.50. The molecule has 1 aromatic heterocycles. The van der Waals surface area contributed by atoms with E-state index < -0.39 is 0 Å². The number of para-hydroxylation sites is 1. The van der Waals surface area contributed by atoms with E-state index in [9.17, 15) is 0 Å². The highest BCUT2D eigenvalue weighted by molar-refractivity contribution is 5.78. The first kappa shape index (κ1) is 14.0. The van der Waals surface area contributed by atoms with Gasteiger partial charge in [-0.2, -0.15) is 0 Å². The van der Waals surface area contributed by atoms with Crippen LogP contribution in [0.3, 0.4) is 0 Å². The van der Waals surface area contributed by atoms with Crippen LogP contribution < -0.4 is 11.1 Å².